The molecular weight excluding hydrogens is 530 g/mol. The van der Waals surface area contributed by atoms with Crippen LogP contribution in [0.5, 0.6) is 0 Å². The Morgan fingerprint density at radius 2 is 1.85 bits per heavy atom. The van der Waals surface area contributed by atoms with Crippen LogP contribution in [0.3, 0.4) is 0 Å². The van der Waals surface area contributed by atoms with E-state index in [0.717, 1.165) is 19.6 Å². The lowest BCUT2D eigenvalue weighted by Crippen LogP contribution is -2.65. The third-order valence-corrected chi connectivity index (χ3v) is 8.87. The van der Waals surface area contributed by atoms with Crippen molar-refractivity contribution in [1.82, 2.24) is 4.90 Å². The number of allylic oxidation sites excluding steroid dienone is 3. The van der Waals surface area contributed by atoms with Crippen LogP contribution in [0.4, 0.5) is 0 Å². The van der Waals surface area contributed by atoms with Crippen LogP contribution in [0.2, 0.25) is 0 Å². The Labute approximate surface area is 243 Å². The Balaban J connectivity index is 1.70. The van der Waals surface area contributed by atoms with Crippen molar-refractivity contribution in [1.29, 1.82) is 0 Å². The topological polar surface area (TPSA) is 118 Å². The van der Waals surface area contributed by atoms with Gasteiger partial charge in [0.1, 0.15) is 23.2 Å². The molecule has 1 saturated heterocycles. The predicted molar refractivity (Wildman–Crippen MR) is 151 cm³/mol. The molecule has 1 heterocycles. The van der Waals surface area contributed by atoms with E-state index in [1.807, 2.05) is 0 Å². The van der Waals surface area contributed by atoms with Crippen molar-refractivity contribution in [3.8, 4) is 0 Å². The van der Waals surface area contributed by atoms with Gasteiger partial charge in [-0.15, -0.1) is 0 Å². The number of carbonyl (C=O) groups is 4. The van der Waals surface area contributed by atoms with E-state index in [4.69, 9.17) is 23.7 Å². The first-order valence-electron chi connectivity index (χ1n) is 14.5. The molecule has 0 radical (unpaired) electrons. The fourth-order valence-electron chi connectivity index (χ4n) is 6.59. The zero-order valence-electron chi connectivity index (χ0n) is 25.3. The van der Waals surface area contributed by atoms with E-state index < -0.39 is 40.5 Å². The van der Waals surface area contributed by atoms with Crippen molar-refractivity contribution in [2.24, 2.45) is 11.3 Å². The molecule has 2 aliphatic carbocycles. The van der Waals surface area contributed by atoms with Gasteiger partial charge in [0.15, 0.2) is 0 Å². The van der Waals surface area contributed by atoms with E-state index >= 15 is 0 Å². The van der Waals surface area contributed by atoms with E-state index in [-0.39, 0.29) is 18.9 Å². The summed E-state index contributed by atoms with van der Waals surface area (Å²) in [6, 6.07) is 0. The summed E-state index contributed by atoms with van der Waals surface area (Å²) >= 11 is 0. The van der Waals surface area contributed by atoms with Gasteiger partial charge in [0, 0.05) is 30.5 Å². The van der Waals surface area contributed by atoms with Gasteiger partial charge >= 0.3 is 23.9 Å². The second-order valence-corrected chi connectivity index (χ2v) is 11.1. The van der Waals surface area contributed by atoms with Crippen LogP contribution < -0.4 is 0 Å². The molecule has 4 atom stereocenters. The summed E-state index contributed by atoms with van der Waals surface area (Å²) in [5.41, 5.74) is -2.46. The smallest absolute Gasteiger partial charge is 0.333 e. The van der Waals surface area contributed by atoms with Crippen molar-refractivity contribution in [2.75, 3.05) is 46.6 Å². The molecule has 0 aromatic rings. The highest BCUT2D eigenvalue weighted by Crippen LogP contribution is 2.65. The van der Waals surface area contributed by atoms with E-state index in [1.54, 1.807) is 38.2 Å². The first kappa shape index (κ1) is 32.5. The Morgan fingerprint density at radius 3 is 2.51 bits per heavy atom. The minimum absolute atomic E-state index is 0.151. The molecule has 0 amide bonds. The third-order valence-electron chi connectivity index (χ3n) is 8.87. The number of hydrogen-bond donors (Lipinski definition) is 0. The molecule has 1 aliphatic heterocycles. The van der Waals surface area contributed by atoms with E-state index in [1.165, 1.54) is 14.0 Å². The molecule has 10 heteroatoms. The molecule has 3 aliphatic rings. The summed E-state index contributed by atoms with van der Waals surface area (Å²) in [6.07, 6.45) is 8.66. The van der Waals surface area contributed by atoms with E-state index in [0.29, 0.717) is 50.0 Å². The van der Waals surface area contributed by atoms with Gasteiger partial charge in [-0.25, -0.2) is 9.59 Å². The molecule has 3 rings (SSSR count). The van der Waals surface area contributed by atoms with Crippen LogP contribution in [0.25, 0.3) is 0 Å². The number of ether oxygens (including phenoxy) is 5. The van der Waals surface area contributed by atoms with Crippen LogP contribution in [0.1, 0.15) is 66.7 Å². The maximum atomic E-state index is 13.7. The van der Waals surface area contributed by atoms with Crippen molar-refractivity contribution in [3.63, 3.8) is 0 Å². The Kier molecular flexibility index (Phi) is 10.9. The van der Waals surface area contributed by atoms with Crippen molar-refractivity contribution in [3.05, 3.63) is 35.5 Å². The summed E-state index contributed by atoms with van der Waals surface area (Å²) in [7, 11) is 1.32. The van der Waals surface area contributed by atoms with Gasteiger partial charge < -0.3 is 28.6 Å². The molecule has 10 nitrogen and oxygen atoms in total. The fourth-order valence-corrected chi connectivity index (χ4v) is 6.59. The highest BCUT2D eigenvalue weighted by Gasteiger charge is 2.74. The van der Waals surface area contributed by atoms with Crippen LogP contribution in [0.15, 0.2) is 35.5 Å². The summed E-state index contributed by atoms with van der Waals surface area (Å²) in [4.78, 5) is 53.1. The standard InChI is InChI=1S/C31H45NO9/c1-7-32(8-2)18-19-38-20-21-39-26(34)22(3)10-9-14-29(5)25-13-16-30(28(36)41-29)15-11-24(27(35)37-6)12-17-31(25,30)40-23(4)33/h9-11,14,25H,7-8,12-13,15-21H2,1-6H3/b14-9+,22-10+/t25-,29+,30+,31-/m0/s1. The van der Waals surface area contributed by atoms with Crippen LogP contribution >= 0.6 is 0 Å². The van der Waals surface area contributed by atoms with Gasteiger partial charge in [0.2, 0.25) is 0 Å². The summed E-state index contributed by atoms with van der Waals surface area (Å²) in [5.74, 6) is -2.20. The van der Waals surface area contributed by atoms with Crippen LogP contribution in [-0.4, -0.2) is 86.5 Å². The molecule has 2 fully saturated rings. The van der Waals surface area contributed by atoms with Gasteiger partial charge in [0.25, 0.3) is 0 Å². The van der Waals surface area contributed by atoms with Gasteiger partial charge in [-0.3, -0.25) is 9.59 Å². The zero-order chi connectivity index (χ0) is 30.3. The number of nitrogens with zero attached hydrogens (tertiary/aromatic N) is 1. The van der Waals surface area contributed by atoms with Gasteiger partial charge in [0.05, 0.1) is 20.3 Å². The number of esters is 4. The summed E-state index contributed by atoms with van der Waals surface area (Å²) < 4.78 is 27.9. The van der Waals surface area contributed by atoms with E-state index in [9.17, 15) is 19.2 Å². The minimum atomic E-state index is -1.14. The monoisotopic (exact) mass is 575 g/mol. The SMILES string of the molecule is CCN(CC)CCOCCOC(=O)/C(C)=C/C=C/[C@@]1(C)OC(=O)[C@]23CC=C(C(=O)OC)CC[C@]2(OC(C)=O)[C@H]1CC3. The molecule has 1 saturated carbocycles. The Hall–Kier alpha value is -2.98. The molecule has 228 valence electrons. The normalized spacial score (nSPS) is 29.4. The lowest BCUT2D eigenvalue weighted by Gasteiger charge is -2.54. The molecule has 0 spiro atoms. The molecule has 41 heavy (non-hydrogen) atoms. The number of likely N-dealkylation sites (N-methyl/N-ethyl adjacent to an activating group) is 1. The average molecular weight is 576 g/mol. The highest BCUT2D eigenvalue weighted by molar-refractivity contribution is 5.90. The van der Waals surface area contributed by atoms with Crippen molar-refractivity contribution in [2.45, 2.75) is 77.9 Å². The van der Waals surface area contributed by atoms with Gasteiger partial charge in [-0.05, 0) is 65.1 Å². The molecule has 0 N–H and O–H groups in total. The zero-order valence-corrected chi connectivity index (χ0v) is 25.3. The van der Waals surface area contributed by atoms with Crippen molar-refractivity contribution < 1.29 is 42.9 Å². The maximum absolute atomic E-state index is 13.7. The Morgan fingerprint density at radius 1 is 1.12 bits per heavy atom. The number of hydrogen-bond acceptors (Lipinski definition) is 10. The Bertz CT molecular complexity index is 1090. The average Bonchev–Trinajstić information content (AvgIpc) is 3.08. The summed E-state index contributed by atoms with van der Waals surface area (Å²) in [6.45, 7) is 12.8. The third kappa shape index (κ3) is 6.75. The maximum Gasteiger partial charge on any atom is 0.333 e. The molecule has 0 unspecified atom stereocenters. The van der Waals surface area contributed by atoms with Crippen LogP contribution in [-0.2, 0) is 42.9 Å². The number of methoxy groups -OCH3 is 1. The quantitative estimate of drug-likeness (QED) is 0.106. The lowest BCUT2D eigenvalue weighted by molar-refractivity contribution is -0.235. The van der Waals surface area contributed by atoms with Crippen molar-refractivity contribution >= 4 is 23.9 Å². The highest BCUT2D eigenvalue weighted by atomic mass is 16.6. The molecule has 2 bridgehead atoms. The molecule has 0 aromatic heterocycles. The first-order valence-corrected chi connectivity index (χ1v) is 14.5. The van der Waals surface area contributed by atoms with Gasteiger partial charge in [-0.2, -0.15) is 0 Å². The van der Waals surface area contributed by atoms with Crippen LogP contribution in [0, 0.1) is 11.3 Å². The number of rotatable bonds is 13. The summed E-state index contributed by atoms with van der Waals surface area (Å²) in [5, 5.41) is 0. The second kappa shape index (κ2) is 13.8. The molecular formula is C31H45NO9. The molecule has 0 aromatic carbocycles. The number of carbonyl (C=O) groups excluding carboxylic acids is 4. The lowest BCUT2D eigenvalue weighted by atomic mass is 9.62. The number of cyclic esters (lactones) is 1. The van der Waals surface area contributed by atoms with Gasteiger partial charge in [-0.1, -0.05) is 32.1 Å². The predicted octanol–water partition coefficient (Wildman–Crippen LogP) is 3.69. The fraction of sp³-hybridized carbons (Fsp3) is 0.677. The first-order chi connectivity index (χ1) is 19.5. The minimum Gasteiger partial charge on any atom is -0.466 e. The van der Waals surface area contributed by atoms with E-state index in [2.05, 4.69) is 18.7 Å². The second-order valence-electron chi connectivity index (χ2n) is 11.1. The largest absolute Gasteiger partial charge is 0.466 e.